The van der Waals surface area contributed by atoms with E-state index in [1.165, 1.54) is 0 Å². The first kappa shape index (κ1) is 15.5. The first-order chi connectivity index (χ1) is 10.2. The molecule has 0 atom stereocenters. The zero-order valence-corrected chi connectivity index (χ0v) is 13.0. The molecule has 2 aromatic rings. The SMILES string of the molecule is CSc1cccc(NC(=O)N/C=C/c2ccccc2Cl)c1. The fourth-order valence-electron chi connectivity index (χ4n) is 1.69. The van der Waals surface area contributed by atoms with Gasteiger partial charge in [-0.2, -0.15) is 0 Å². The Kier molecular flexibility index (Phi) is 5.72. The molecule has 0 aliphatic heterocycles. The van der Waals surface area contributed by atoms with Crippen molar-refractivity contribution < 1.29 is 4.79 Å². The van der Waals surface area contributed by atoms with Gasteiger partial charge in [0.25, 0.3) is 0 Å². The monoisotopic (exact) mass is 318 g/mol. The summed E-state index contributed by atoms with van der Waals surface area (Å²) in [7, 11) is 0. The van der Waals surface area contributed by atoms with Crippen LogP contribution in [0, 0.1) is 0 Å². The summed E-state index contributed by atoms with van der Waals surface area (Å²) >= 11 is 7.65. The Labute approximate surface area is 133 Å². The number of hydrogen-bond donors (Lipinski definition) is 2. The fraction of sp³-hybridized carbons (Fsp3) is 0.0625. The van der Waals surface area contributed by atoms with Crippen LogP contribution < -0.4 is 10.6 Å². The van der Waals surface area contributed by atoms with Crippen molar-refractivity contribution in [1.82, 2.24) is 5.32 Å². The average molecular weight is 319 g/mol. The zero-order chi connectivity index (χ0) is 15.1. The second kappa shape index (κ2) is 7.76. The van der Waals surface area contributed by atoms with Gasteiger partial charge in [-0.15, -0.1) is 11.8 Å². The molecule has 0 aliphatic carbocycles. The Morgan fingerprint density at radius 1 is 1.19 bits per heavy atom. The van der Waals surface area contributed by atoms with Crippen LogP contribution in [-0.4, -0.2) is 12.3 Å². The predicted molar refractivity (Wildman–Crippen MR) is 90.9 cm³/mol. The van der Waals surface area contributed by atoms with Gasteiger partial charge < -0.3 is 10.6 Å². The first-order valence-corrected chi connectivity index (χ1v) is 7.92. The van der Waals surface area contributed by atoms with E-state index in [-0.39, 0.29) is 6.03 Å². The summed E-state index contributed by atoms with van der Waals surface area (Å²) in [5.74, 6) is 0. The molecular weight excluding hydrogens is 304 g/mol. The van der Waals surface area contributed by atoms with E-state index in [2.05, 4.69) is 10.6 Å². The van der Waals surface area contributed by atoms with Gasteiger partial charge in [0, 0.05) is 21.8 Å². The maximum atomic E-state index is 11.8. The van der Waals surface area contributed by atoms with Crippen molar-refractivity contribution in [2.75, 3.05) is 11.6 Å². The standard InChI is InChI=1S/C16H15ClN2OS/c1-21-14-7-4-6-13(11-14)19-16(20)18-10-9-12-5-2-3-8-15(12)17/h2-11H,1H3,(H2,18,19,20)/b10-9+. The summed E-state index contributed by atoms with van der Waals surface area (Å²) in [6.45, 7) is 0. The van der Waals surface area contributed by atoms with E-state index in [0.717, 1.165) is 16.1 Å². The van der Waals surface area contributed by atoms with Crippen molar-refractivity contribution >= 4 is 41.2 Å². The van der Waals surface area contributed by atoms with E-state index in [9.17, 15) is 4.79 Å². The molecule has 0 saturated carbocycles. The third kappa shape index (κ3) is 4.85. The molecule has 0 radical (unpaired) electrons. The van der Waals surface area contributed by atoms with Crippen molar-refractivity contribution in [1.29, 1.82) is 0 Å². The largest absolute Gasteiger partial charge is 0.323 e. The molecule has 0 aliphatic rings. The number of urea groups is 1. The lowest BCUT2D eigenvalue weighted by atomic mass is 10.2. The molecule has 0 fully saturated rings. The Morgan fingerprint density at radius 3 is 2.76 bits per heavy atom. The molecule has 3 nitrogen and oxygen atoms in total. The third-order valence-corrected chi connectivity index (χ3v) is 3.78. The van der Waals surface area contributed by atoms with Gasteiger partial charge in [0.05, 0.1) is 0 Å². The van der Waals surface area contributed by atoms with Crippen LogP contribution in [0.4, 0.5) is 10.5 Å². The molecule has 0 unspecified atom stereocenters. The maximum absolute atomic E-state index is 11.8. The van der Waals surface area contributed by atoms with Gasteiger partial charge in [-0.3, -0.25) is 0 Å². The predicted octanol–water partition coefficient (Wildman–Crippen LogP) is 4.85. The molecular formula is C16H15ClN2OS. The number of nitrogens with one attached hydrogen (secondary N) is 2. The molecule has 21 heavy (non-hydrogen) atoms. The zero-order valence-electron chi connectivity index (χ0n) is 11.5. The van der Waals surface area contributed by atoms with E-state index in [1.807, 2.05) is 48.7 Å². The average Bonchev–Trinajstić information content (AvgIpc) is 2.49. The van der Waals surface area contributed by atoms with Crippen molar-refractivity contribution in [2.24, 2.45) is 0 Å². The molecule has 0 bridgehead atoms. The molecule has 2 N–H and O–H groups in total. The van der Waals surface area contributed by atoms with Gasteiger partial charge in [0.1, 0.15) is 0 Å². The van der Waals surface area contributed by atoms with E-state index in [4.69, 9.17) is 11.6 Å². The van der Waals surface area contributed by atoms with Crippen LogP contribution in [0.15, 0.2) is 59.6 Å². The molecule has 2 amide bonds. The van der Waals surface area contributed by atoms with Crippen LogP contribution in [0.25, 0.3) is 6.08 Å². The summed E-state index contributed by atoms with van der Waals surface area (Å²) in [6, 6.07) is 14.8. The van der Waals surface area contributed by atoms with Gasteiger partial charge in [0.15, 0.2) is 0 Å². The number of carbonyl (C=O) groups is 1. The molecule has 108 valence electrons. The highest BCUT2D eigenvalue weighted by Crippen LogP contribution is 2.19. The van der Waals surface area contributed by atoms with Gasteiger partial charge in [-0.25, -0.2) is 4.79 Å². The third-order valence-electron chi connectivity index (χ3n) is 2.71. The minimum atomic E-state index is -0.295. The minimum Gasteiger partial charge on any atom is -0.314 e. The van der Waals surface area contributed by atoms with Crippen molar-refractivity contribution in [2.45, 2.75) is 4.90 Å². The molecule has 2 rings (SSSR count). The van der Waals surface area contributed by atoms with Crippen molar-refractivity contribution in [3.05, 3.63) is 65.3 Å². The topological polar surface area (TPSA) is 41.1 Å². The highest BCUT2D eigenvalue weighted by molar-refractivity contribution is 7.98. The molecule has 0 heterocycles. The lowest BCUT2D eigenvalue weighted by Crippen LogP contribution is -2.23. The number of amides is 2. The number of rotatable bonds is 4. The summed E-state index contributed by atoms with van der Waals surface area (Å²) < 4.78 is 0. The summed E-state index contributed by atoms with van der Waals surface area (Å²) in [5, 5.41) is 6.06. The van der Waals surface area contributed by atoms with Gasteiger partial charge in [0.2, 0.25) is 0 Å². The maximum Gasteiger partial charge on any atom is 0.323 e. The number of hydrogen-bond acceptors (Lipinski definition) is 2. The van der Waals surface area contributed by atoms with Crippen molar-refractivity contribution in [3.8, 4) is 0 Å². The minimum absolute atomic E-state index is 0.295. The molecule has 5 heteroatoms. The van der Waals surface area contributed by atoms with Gasteiger partial charge in [-0.1, -0.05) is 35.9 Å². The van der Waals surface area contributed by atoms with E-state index in [0.29, 0.717) is 5.02 Å². The van der Waals surface area contributed by atoms with E-state index in [1.54, 1.807) is 30.1 Å². The lowest BCUT2D eigenvalue weighted by molar-refractivity contribution is 0.255. The van der Waals surface area contributed by atoms with Crippen LogP contribution in [-0.2, 0) is 0 Å². The number of benzene rings is 2. The van der Waals surface area contributed by atoms with Crippen LogP contribution in [0.5, 0.6) is 0 Å². The molecule has 0 aromatic heterocycles. The fourth-order valence-corrected chi connectivity index (χ4v) is 2.34. The highest BCUT2D eigenvalue weighted by atomic mass is 35.5. The molecule has 0 saturated heterocycles. The van der Waals surface area contributed by atoms with Crippen molar-refractivity contribution in [3.63, 3.8) is 0 Å². The summed E-state index contributed by atoms with van der Waals surface area (Å²) in [5.41, 5.74) is 1.61. The normalized spacial score (nSPS) is 10.6. The highest BCUT2D eigenvalue weighted by Gasteiger charge is 2.00. The number of anilines is 1. The van der Waals surface area contributed by atoms with Crippen LogP contribution in [0.2, 0.25) is 5.02 Å². The quantitative estimate of drug-likeness (QED) is 0.791. The summed E-state index contributed by atoms with van der Waals surface area (Å²) in [6.07, 6.45) is 5.31. The second-order valence-electron chi connectivity index (χ2n) is 4.19. The Hall–Kier alpha value is -1.91. The lowest BCUT2D eigenvalue weighted by Gasteiger charge is -2.06. The molecule has 0 spiro atoms. The number of thioether (sulfide) groups is 1. The van der Waals surface area contributed by atoms with Gasteiger partial charge in [-0.05, 0) is 42.2 Å². The Bertz CT molecular complexity index is 658. The van der Waals surface area contributed by atoms with Crippen LogP contribution >= 0.6 is 23.4 Å². The number of halogens is 1. The smallest absolute Gasteiger partial charge is 0.314 e. The van der Waals surface area contributed by atoms with E-state index < -0.39 is 0 Å². The van der Waals surface area contributed by atoms with E-state index >= 15 is 0 Å². The second-order valence-corrected chi connectivity index (χ2v) is 5.47. The Balaban J connectivity index is 1.91. The molecule has 2 aromatic carbocycles. The first-order valence-electron chi connectivity index (χ1n) is 6.31. The van der Waals surface area contributed by atoms with Crippen LogP contribution in [0.3, 0.4) is 0 Å². The van der Waals surface area contributed by atoms with Crippen LogP contribution in [0.1, 0.15) is 5.56 Å². The Morgan fingerprint density at radius 2 is 2.00 bits per heavy atom. The summed E-state index contributed by atoms with van der Waals surface area (Å²) in [4.78, 5) is 12.9. The van der Waals surface area contributed by atoms with Gasteiger partial charge >= 0.3 is 6.03 Å². The number of carbonyl (C=O) groups excluding carboxylic acids is 1.